The molecule has 0 fully saturated rings. The Balaban J connectivity index is 2.34. The van der Waals surface area contributed by atoms with Crippen molar-refractivity contribution in [2.24, 2.45) is 5.92 Å². The monoisotopic (exact) mass is 278 g/mol. The third-order valence-corrected chi connectivity index (χ3v) is 3.58. The third-order valence-electron chi connectivity index (χ3n) is 3.58. The summed E-state index contributed by atoms with van der Waals surface area (Å²) in [5, 5.41) is 0. The van der Waals surface area contributed by atoms with Gasteiger partial charge in [0.25, 0.3) is 0 Å². The summed E-state index contributed by atoms with van der Waals surface area (Å²) in [5.41, 5.74) is 1.73. The molecular weight excluding hydrogens is 252 g/mol. The van der Waals surface area contributed by atoms with Crippen molar-refractivity contribution in [3.05, 3.63) is 35.4 Å². The van der Waals surface area contributed by atoms with Crippen LogP contribution < -0.4 is 0 Å². The number of aryl methyl sites for hydroxylation is 1. The Kier molecular flexibility index (Phi) is 7.97. The number of hydrogen-bond donors (Lipinski definition) is 0. The quantitative estimate of drug-likeness (QED) is 0.491. The molecule has 0 bridgehead atoms. The van der Waals surface area contributed by atoms with Gasteiger partial charge in [-0.2, -0.15) is 4.89 Å². The second kappa shape index (κ2) is 9.54. The van der Waals surface area contributed by atoms with Gasteiger partial charge in [0, 0.05) is 0 Å². The van der Waals surface area contributed by atoms with Crippen molar-refractivity contribution in [3.8, 4) is 0 Å². The predicted octanol–water partition coefficient (Wildman–Crippen LogP) is 4.55. The van der Waals surface area contributed by atoms with Gasteiger partial charge in [-0.25, -0.2) is 4.79 Å². The van der Waals surface area contributed by atoms with E-state index in [-0.39, 0.29) is 0 Å². The Morgan fingerprint density at radius 1 is 1.15 bits per heavy atom. The predicted molar refractivity (Wildman–Crippen MR) is 80.5 cm³/mol. The average Bonchev–Trinajstić information content (AvgIpc) is 2.50. The molecule has 0 aliphatic heterocycles. The van der Waals surface area contributed by atoms with E-state index >= 15 is 0 Å². The summed E-state index contributed by atoms with van der Waals surface area (Å²) in [6, 6.07) is 7.43. The van der Waals surface area contributed by atoms with Gasteiger partial charge in [-0.15, -0.1) is 0 Å². The first-order valence-electron chi connectivity index (χ1n) is 7.63. The van der Waals surface area contributed by atoms with Crippen LogP contribution in [-0.4, -0.2) is 12.6 Å². The highest BCUT2D eigenvalue weighted by molar-refractivity contribution is 5.88. The fourth-order valence-electron chi connectivity index (χ4n) is 2.01. The lowest BCUT2D eigenvalue weighted by Crippen LogP contribution is -2.13. The van der Waals surface area contributed by atoms with E-state index in [1.807, 2.05) is 12.1 Å². The standard InChI is InChI=1S/C17H26O3/c1-4-7-8-15(6-3)13-19-20-17(18)16-11-9-14(5-2)10-12-16/h9-12,15H,4-8,13H2,1-3H3. The van der Waals surface area contributed by atoms with Gasteiger partial charge in [-0.05, 0) is 36.5 Å². The molecule has 0 spiro atoms. The summed E-state index contributed by atoms with van der Waals surface area (Å²) < 4.78 is 0. The Hall–Kier alpha value is -1.35. The third kappa shape index (κ3) is 5.74. The molecule has 0 N–H and O–H groups in total. The first-order chi connectivity index (χ1) is 9.71. The molecule has 0 saturated carbocycles. The van der Waals surface area contributed by atoms with Crippen LogP contribution in [0.4, 0.5) is 0 Å². The number of benzene rings is 1. The minimum absolute atomic E-state index is 0.419. The lowest BCUT2D eigenvalue weighted by Gasteiger charge is -2.13. The minimum Gasteiger partial charge on any atom is -0.293 e. The van der Waals surface area contributed by atoms with Gasteiger partial charge in [-0.1, -0.05) is 52.2 Å². The molecule has 0 aliphatic rings. The number of carbonyl (C=O) groups excluding carboxylic acids is 1. The summed E-state index contributed by atoms with van der Waals surface area (Å²) in [5.74, 6) is 0.0446. The van der Waals surface area contributed by atoms with Crippen molar-refractivity contribution < 1.29 is 14.6 Å². The van der Waals surface area contributed by atoms with Crippen LogP contribution in [0.15, 0.2) is 24.3 Å². The normalized spacial score (nSPS) is 12.2. The Morgan fingerprint density at radius 2 is 1.85 bits per heavy atom. The second-order valence-electron chi connectivity index (χ2n) is 5.12. The fourth-order valence-corrected chi connectivity index (χ4v) is 2.01. The topological polar surface area (TPSA) is 35.5 Å². The maximum atomic E-state index is 11.8. The van der Waals surface area contributed by atoms with Crippen LogP contribution in [0.3, 0.4) is 0 Å². The van der Waals surface area contributed by atoms with Crippen LogP contribution in [0.5, 0.6) is 0 Å². The molecule has 1 unspecified atom stereocenters. The first-order valence-corrected chi connectivity index (χ1v) is 7.63. The summed E-state index contributed by atoms with van der Waals surface area (Å²) in [4.78, 5) is 21.8. The van der Waals surface area contributed by atoms with Crippen molar-refractivity contribution in [2.45, 2.75) is 52.9 Å². The van der Waals surface area contributed by atoms with E-state index < -0.39 is 5.97 Å². The highest BCUT2D eigenvalue weighted by atomic mass is 17.2. The van der Waals surface area contributed by atoms with E-state index in [1.165, 1.54) is 18.4 Å². The zero-order chi connectivity index (χ0) is 14.8. The molecule has 20 heavy (non-hydrogen) atoms. The van der Waals surface area contributed by atoms with Crippen molar-refractivity contribution in [1.82, 2.24) is 0 Å². The van der Waals surface area contributed by atoms with Crippen LogP contribution in [0.1, 0.15) is 62.4 Å². The van der Waals surface area contributed by atoms with Gasteiger partial charge in [-0.3, -0.25) is 4.89 Å². The highest BCUT2D eigenvalue weighted by Crippen LogP contribution is 2.13. The molecule has 0 radical (unpaired) electrons. The molecule has 1 aromatic rings. The molecule has 0 aromatic heterocycles. The summed E-state index contributed by atoms with van der Waals surface area (Å²) in [6.45, 7) is 6.87. The van der Waals surface area contributed by atoms with Crippen LogP contribution >= 0.6 is 0 Å². The lowest BCUT2D eigenvalue weighted by molar-refractivity contribution is -0.249. The van der Waals surface area contributed by atoms with Crippen molar-refractivity contribution in [1.29, 1.82) is 0 Å². The van der Waals surface area contributed by atoms with Gasteiger partial charge in [0.1, 0.15) is 0 Å². The molecule has 0 amide bonds. The van der Waals surface area contributed by atoms with E-state index in [1.54, 1.807) is 12.1 Å². The molecule has 3 nitrogen and oxygen atoms in total. The van der Waals surface area contributed by atoms with Crippen LogP contribution in [0.2, 0.25) is 0 Å². The number of rotatable bonds is 9. The maximum Gasteiger partial charge on any atom is 0.373 e. The van der Waals surface area contributed by atoms with Crippen molar-refractivity contribution in [2.75, 3.05) is 6.61 Å². The smallest absolute Gasteiger partial charge is 0.293 e. The molecule has 1 atom stereocenters. The molecule has 112 valence electrons. The van der Waals surface area contributed by atoms with E-state index in [4.69, 9.17) is 9.78 Å². The summed E-state index contributed by atoms with van der Waals surface area (Å²) in [6.07, 6.45) is 5.49. The second-order valence-corrected chi connectivity index (χ2v) is 5.12. The Morgan fingerprint density at radius 3 is 2.40 bits per heavy atom. The van der Waals surface area contributed by atoms with Gasteiger partial charge >= 0.3 is 5.97 Å². The molecular formula is C17H26O3. The minimum atomic E-state index is -0.419. The van der Waals surface area contributed by atoms with Gasteiger partial charge in [0.05, 0.1) is 12.2 Å². The number of unbranched alkanes of at least 4 members (excludes halogenated alkanes) is 1. The average molecular weight is 278 g/mol. The summed E-state index contributed by atoms with van der Waals surface area (Å²) in [7, 11) is 0. The Bertz CT molecular complexity index is 384. The Labute approximate surface area is 122 Å². The van der Waals surface area contributed by atoms with Gasteiger partial charge in [0.15, 0.2) is 0 Å². The molecule has 0 saturated heterocycles. The molecule has 3 heteroatoms. The SMILES string of the molecule is CCCCC(CC)COOC(=O)c1ccc(CC)cc1. The van der Waals surface area contributed by atoms with Crippen LogP contribution in [0, 0.1) is 5.92 Å². The summed E-state index contributed by atoms with van der Waals surface area (Å²) >= 11 is 0. The largest absolute Gasteiger partial charge is 0.373 e. The fraction of sp³-hybridized carbons (Fsp3) is 0.588. The van der Waals surface area contributed by atoms with Crippen LogP contribution in [0.25, 0.3) is 0 Å². The molecule has 0 aliphatic carbocycles. The van der Waals surface area contributed by atoms with Crippen molar-refractivity contribution >= 4 is 5.97 Å². The number of carbonyl (C=O) groups is 1. The van der Waals surface area contributed by atoms with Gasteiger partial charge < -0.3 is 0 Å². The van der Waals surface area contributed by atoms with E-state index in [2.05, 4.69) is 20.8 Å². The zero-order valence-corrected chi connectivity index (χ0v) is 12.9. The van der Waals surface area contributed by atoms with E-state index in [0.29, 0.717) is 18.1 Å². The number of hydrogen-bond acceptors (Lipinski definition) is 3. The van der Waals surface area contributed by atoms with Crippen molar-refractivity contribution in [3.63, 3.8) is 0 Å². The highest BCUT2D eigenvalue weighted by Gasteiger charge is 2.11. The first kappa shape index (κ1) is 16.7. The molecule has 1 rings (SSSR count). The van der Waals surface area contributed by atoms with E-state index in [0.717, 1.165) is 19.3 Å². The zero-order valence-electron chi connectivity index (χ0n) is 12.9. The van der Waals surface area contributed by atoms with E-state index in [9.17, 15) is 4.79 Å². The lowest BCUT2D eigenvalue weighted by atomic mass is 10.0. The molecule has 0 heterocycles. The van der Waals surface area contributed by atoms with Crippen LogP contribution in [-0.2, 0) is 16.2 Å². The molecule has 1 aromatic carbocycles. The maximum absolute atomic E-state index is 11.8. The van der Waals surface area contributed by atoms with Gasteiger partial charge in [0.2, 0.25) is 0 Å².